The van der Waals surface area contributed by atoms with Crippen LogP contribution in [0.5, 0.6) is 0 Å². The van der Waals surface area contributed by atoms with Crippen molar-refractivity contribution >= 4 is 22.2 Å². The predicted octanol–water partition coefficient (Wildman–Crippen LogP) is 6.28. The molecule has 1 atom stereocenters. The number of nitrogens with zero attached hydrogens (tertiary/aromatic N) is 1. The van der Waals surface area contributed by atoms with E-state index in [0.29, 0.717) is 5.56 Å². The van der Waals surface area contributed by atoms with Gasteiger partial charge in [-0.3, -0.25) is 9.69 Å². The van der Waals surface area contributed by atoms with E-state index in [1.165, 1.54) is 17.4 Å². The van der Waals surface area contributed by atoms with E-state index in [0.717, 1.165) is 48.5 Å². The van der Waals surface area contributed by atoms with Crippen LogP contribution in [0.4, 0.5) is 9.39 Å². The van der Waals surface area contributed by atoms with E-state index in [1.807, 2.05) is 36.4 Å². The maximum Gasteiger partial charge on any atom is 0.256 e. The van der Waals surface area contributed by atoms with E-state index >= 15 is 0 Å². The van der Waals surface area contributed by atoms with Gasteiger partial charge in [-0.05, 0) is 68.2 Å². The molecule has 0 spiro atoms. The van der Waals surface area contributed by atoms with Crippen molar-refractivity contribution < 1.29 is 9.18 Å². The third kappa shape index (κ3) is 4.63. The number of hydrogen-bond donors (Lipinski definition) is 1. The zero-order valence-electron chi connectivity index (χ0n) is 17.2. The van der Waals surface area contributed by atoms with Crippen molar-refractivity contribution in [2.75, 3.05) is 18.4 Å². The Kier molecular flexibility index (Phi) is 6.60. The van der Waals surface area contributed by atoms with E-state index in [1.54, 1.807) is 23.5 Å². The molecule has 1 aliphatic heterocycles. The molecule has 0 saturated carbocycles. The monoisotopic (exact) mass is 422 g/mol. The molecule has 2 heterocycles. The van der Waals surface area contributed by atoms with Crippen LogP contribution < -0.4 is 5.32 Å². The summed E-state index contributed by atoms with van der Waals surface area (Å²) >= 11 is 1.62. The lowest BCUT2D eigenvalue weighted by Crippen LogP contribution is -2.34. The number of hydrogen-bond acceptors (Lipinski definition) is 3. The smallest absolute Gasteiger partial charge is 0.256 e. The number of aryl methyl sites for hydroxylation is 1. The third-order valence-corrected chi connectivity index (χ3v) is 6.85. The van der Waals surface area contributed by atoms with E-state index in [4.69, 9.17) is 0 Å². The first-order valence-electron chi connectivity index (χ1n) is 10.6. The van der Waals surface area contributed by atoms with Gasteiger partial charge in [-0.2, -0.15) is 0 Å². The first-order valence-corrected chi connectivity index (χ1v) is 11.5. The average Bonchev–Trinajstić information content (AvgIpc) is 3.18. The van der Waals surface area contributed by atoms with E-state index in [9.17, 15) is 9.18 Å². The highest BCUT2D eigenvalue weighted by atomic mass is 32.1. The number of benzene rings is 2. The van der Waals surface area contributed by atoms with Gasteiger partial charge in [-0.25, -0.2) is 4.39 Å². The molecule has 1 aliphatic rings. The summed E-state index contributed by atoms with van der Waals surface area (Å²) in [5.74, 6) is -0.340. The molecule has 30 heavy (non-hydrogen) atoms. The maximum absolute atomic E-state index is 14.1. The van der Waals surface area contributed by atoms with E-state index in [-0.39, 0.29) is 17.8 Å². The van der Waals surface area contributed by atoms with Crippen LogP contribution in [0, 0.1) is 5.82 Å². The molecule has 156 valence electrons. The fourth-order valence-electron chi connectivity index (χ4n) is 4.14. The average molecular weight is 423 g/mol. The SMILES string of the molecule is CCc1cc([C@@H](c2cccc(F)c2)N2CCCCC2)c(NC(=O)c2ccccc2)s1. The standard InChI is InChI=1S/C25H27FN2OS/c1-2-21-17-22(25(30-21)27-24(29)18-10-5-3-6-11-18)23(28-14-7-4-8-15-28)19-12-9-13-20(26)16-19/h3,5-6,9-13,16-17,23H,2,4,7-8,14-15H2,1H3,(H,27,29)/t23-/m1/s1. The van der Waals surface area contributed by atoms with E-state index < -0.39 is 0 Å². The molecule has 1 amide bonds. The highest BCUT2D eigenvalue weighted by Gasteiger charge is 2.28. The molecule has 3 nitrogen and oxygen atoms in total. The van der Waals surface area contributed by atoms with Gasteiger partial charge in [0.15, 0.2) is 0 Å². The number of amides is 1. The number of anilines is 1. The number of nitrogens with one attached hydrogen (secondary N) is 1. The Morgan fingerprint density at radius 2 is 1.83 bits per heavy atom. The van der Waals surface area contributed by atoms with Crippen molar-refractivity contribution in [2.24, 2.45) is 0 Å². The van der Waals surface area contributed by atoms with Crippen LogP contribution in [0.15, 0.2) is 60.7 Å². The molecule has 2 aromatic carbocycles. The summed E-state index contributed by atoms with van der Waals surface area (Å²) in [4.78, 5) is 16.5. The summed E-state index contributed by atoms with van der Waals surface area (Å²) in [6, 6.07) is 18.3. The molecule has 0 unspecified atom stereocenters. The number of rotatable bonds is 6. The molecule has 0 aliphatic carbocycles. The van der Waals surface area contributed by atoms with Crippen molar-refractivity contribution in [2.45, 2.75) is 38.6 Å². The van der Waals surface area contributed by atoms with Gasteiger partial charge in [-0.1, -0.05) is 43.7 Å². The first-order chi connectivity index (χ1) is 14.7. The molecule has 4 rings (SSSR count). The summed E-state index contributed by atoms with van der Waals surface area (Å²) in [7, 11) is 0. The van der Waals surface area contributed by atoms with Crippen LogP contribution in [-0.2, 0) is 6.42 Å². The zero-order valence-corrected chi connectivity index (χ0v) is 18.1. The Morgan fingerprint density at radius 1 is 1.07 bits per heavy atom. The van der Waals surface area contributed by atoms with Crippen molar-refractivity contribution in [3.05, 3.63) is 88.0 Å². The molecule has 0 bridgehead atoms. The predicted molar refractivity (Wildman–Crippen MR) is 122 cm³/mol. The molecule has 1 saturated heterocycles. The largest absolute Gasteiger partial charge is 0.313 e. The topological polar surface area (TPSA) is 32.3 Å². The van der Waals surface area contributed by atoms with Crippen LogP contribution >= 0.6 is 11.3 Å². The number of halogens is 1. The lowest BCUT2D eigenvalue weighted by molar-refractivity contribution is 0.102. The molecular weight excluding hydrogens is 395 g/mol. The van der Waals surface area contributed by atoms with E-state index in [2.05, 4.69) is 23.2 Å². The van der Waals surface area contributed by atoms with Crippen LogP contribution in [0.25, 0.3) is 0 Å². The molecular formula is C25H27FN2OS. The fourth-order valence-corrected chi connectivity index (χ4v) is 5.16. The molecule has 3 aromatic rings. The first kappa shape index (κ1) is 20.8. The summed E-state index contributed by atoms with van der Waals surface area (Å²) in [5.41, 5.74) is 2.64. The molecule has 5 heteroatoms. The van der Waals surface area contributed by atoms with Gasteiger partial charge in [0.2, 0.25) is 0 Å². The highest BCUT2D eigenvalue weighted by molar-refractivity contribution is 7.16. The van der Waals surface area contributed by atoms with Gasteiger partial charge in [0.1, 0.15) is 10.8 Å². The van der Waals surface area contributed by atoms with Gasteiger partial charge >= 0.3 is 0 Å². The minimum Gasteiger partial charge on any atom is -0.313 e. The van der Waals surface area contributed by atoms with Gasteiger partial charge in [0.05, 0.1) is 6.04 Å². The van der Waals surface area contributed by atoms with Gasteiger partial charge < -0.3 is 5.32 Å². The summed E-state index contributed by atoms with van der Waals surface area (Å²) in [6.07, 6.45) is 4.41. The number of piperidine rings is 1. The lowest BCUT2D eigenvalue weighted by Gasteiger charge is -2.35. The summed E-state index contributed by atoms with van der Waals surface area (Å²) < 4.78 is 14.1. The fraction of sp³-hybridized carbons (Fsp3) is 0.320. The van der Waals surface area contributed by atoms with Crippen LogP contribution in [0.3, 0.4) is 0 Å². The number of carbonyl (C=O) groups is 1. The second-order valence-electron chi connectivity index (χ2n) is 7.73. The quantitative estimate of drug-likeness (QED) is 0.507. The molecule has 0 radical (unpaired) electrons. The zero-order chi connectivity index (χ0) is 20.9. The number of likely N-dealkylation sites (tertiary alicyclic amines) is 1. The van der Waals surface area contributed by atoms with Crippen LogP contribution in [0.2, 0.25) is 0 Å². The Hall–Kier alpha value is -2.50. The van der Waals surface area contributed by atoms with Gasteiger partial charge in [-0.15, -0.1) is 11.3 Å². The minimum absolute atomic E-state index is 0.0661. The van der Waals surface area contributed by atoms with Crippen LogP contribution in [-0.4, -0.2) is 23.9 Å². The maximum atomic E-state index is 14.1. The Bertz CT molecular complexity index is 995. The number of carbonyl (C=O) groups excluding carboxylic acids is 1. The summed E-state index contributed by atoms with van der Waals surface area (Å²) in [6.45, 7) is 4.08. The lowest BCUT2D eigenvalue weighted by atomic mass is 9.95. The Labute approximate surface area is 181 Å². The van der Waals surface area contributed by atoms with Crippen molar-refractivity contribution in [3.63, 3.8) is 0 Å². The second kappa shape index (κ2) is 9.54. The summed E-state index contributed by atoms with van der Waals surface area (Å²) in [5, 5.41) is 4.01. The van der Waals surface area contributed by atoms with Gasteiger partial charge in [0.25, 0.3) is 5.91 Å². The van der Waals surface area contributed by atoms with Crippen molar-refractivity contribution in [1.29, 1.82) is 0 Å². The van der Waals surface area contributed by atoms with Crippen molar-refractivity contribution in [1.82, 2.24) is 4.90 Å². The highest BCUT2D eigenvalue weighted by Crippen LogP contribution is 2.40. The Morgan fingerprint density at radius 3 is 2.53 bits per heavy atom. The minimum atomic E-state index is -0.227. The third-order valence-electron chi connectivity index (χ3n) is 5.64. The molecule has 1 N–H and O–H groups in total. The number of thiophene rings is 1. The second-order valence-corrected chi connectivity index (χ2v) is 8.86. The van der Waals surface area contributed by atoms with Crippen molar-refractivity contribution in [3.8, 4) is 0 Å². The normalized spacial score (nSPS) is 15.7. The molecule has 1 fully saturated rings. The Balaban J connectivity index is 1.74. The van der Waals surface area contributed by atoms with Crippen LogP contribution in [0.1, 0.15) is 58.6 Å². The van der Waals surface area contributed by atoms with Gasteiger partial charge in [0, 0.05) is 16.0 Å². The molecule has 1 aromatic heterocycles.